The number of nitrogens with zero attached hydrogens (tertiary/aromatic N) is 2. The first kappa shape index (κ1) is 18.1. The van der Waals surface area contributed by atoms with Crippen LogP contribution in [0.5, 0.6) is 11.5 Å². The number of rotatable bonds is 7. The summed E-state index contributed by atoms with van der Waals surface area (Å²) in [7, 11) is 0. The maximum Gasteiger partial charge on any atom is 0.148 e. The minimum atomic E-state index is 0.421. The molecule has 0 saturated heterocycles. The lowest BCUT2D eigenvalue weighted by molar-refractivity contribution is 0.270. The summed E-state index contributed by atoms with van der Waals surface area (Å²) < 4.78 is 14.2. The molecule has 4 rings (SSSR count). The molecule has 4 aromatic rings. The molecule has 0 bridgehead atoms. The first-order chi connectivity index (χ1) is 13.7. The van der Waals surface area contributed by atoms with Gasteiger partial charge in [-0.1, -0.05) is 48.5 Å². The van der Waals surface area contributed by atoms with Crippen molar-refractivity contribution < 1.29 is 9.47 Å². The highest BCUT2D eigenvalue weighted by Crippen LogP contribution is 2.21. The second-order valence-corrected chi connectivity index (χ2v) is 6.84. The summed E-state index contributed by atoms with van der Waals surface area (Å²) in [4.78, 5) is 4.78. The van der Waals surface area contributed by atoms with Crippen molar-refractivity contribution in [3.63, 3.8) is 0 Å². The highest BCUT2D eigenvalue weighted by atomic mass is 16.5. The maximum absolute atomic E-state index is 6.05. The number of fused-ring (bicyclic) bond motifs is 1. The van der Waals surface area contributed by atoms with Crippen molar-refractivity contribution in [2.45, 2.75) is 27.0 Å². The Balaban J connectivity index is 1.53. The van der Waals surface area contributed by atoms with Gasteiger partial charge >= 0.3 is 0 Å². The van der Waals surface area contributed by atoms with Crippen LogP contribution >= 0.6 is 0 Å². The van der Waals surface area contributed by atoms with Gasteiger partial charge in [0.15, 0.2) is 0 Å². The SMILES string of the molecule is Cc1ccccc1OCCn1c(COc2ccccc2C)nc2ccccc21. The highest BCUT2D eigenvalue weighted by Gasteiger charge is 2.12. The predicted octanol–water partition coefficient (Wildman–Crippen LogP) is 5.31. The molecule has 28 heavy (non-hydrogen) atoms. The Morgan fingerprint density at radius 3 is 2.07 bits per heavy atom. The van der Waals surface area contributed by atoms with Crippen LogP contribution in [-0.2, 0) is 13.2 Å². The summed E-state index contributed by atoms with van der Waals surface area (Å²) in [6, 6.07) is 24.3. The molecule has 0 radical (unpaired) electrons. The zero-order valence-corrected chi connectivity index (χ0v) is 16.3. The van der Waals surface area contributed by atoms with Crippen LogP contribution in [0.3, 0.4) is 0 Å². The third-order valence-corrected chi connectivity index (χ3v) is 4.85. The Hall–Kier alpha value is -3.27. The average Bonchev–Trinajstić information content (AvgIpc) is 3.06. The molecular formula is C24H24N2O2. The number of hydrogen-bond donors (Lipinski definition) is 0. The molecule has 1 heterocycles. The van der Waals surface area contributed by atoms with E-state index < -0.39 is 0 Å². The lowest BCUT2D eigenvalue weighted by Crippen LogP contribution is -2.13. The van der Waals surface area contributed by atoms with Gasteiger partial charge in [0.1, 0.15) is 30.5 Å². The van der Waals surface area contributed by atoms with Gasteiger partial charge in [-0.25, -0.2) is 4.98 Å². The number of aryl methyl sites for hydroxylation is 2. The van der Waals surface area contributed by atoms with Crippen molar-refractivity contribution in [3.8, 4) is 11.5 Å². The third kappa shape index (κ3) is 3.86. The Kier molecular flexibility index (Phi) is 5.29. The second kappa shape index (κ2) is 8.17. The fraction of sp³-hybridized carbons (Fsp3) is 0.208. The lowest BCUT2D eigenvalue weighted by atomic mass is 10.2. The number of hydrogen-bond acceptors (Lipinski definition) is 3. The third-order valence-electron chi connectivity index (χ3n) is 4.85. The molecule has 4 nitrogen and oxygen atoms in total. The normalized spacial score (nSPS) is 10.9. The quantitative estimate of drug-likeness (QED) is 0.441. The molecule has 3 aromatic carbocycles. The van der Waals surface area contributed by atoms with Crippen LogP contribution in [0.4, 0.5) is 0 Å². The summed E-state index contributed by atoms with van der Waals surface area (Å²) in [6.45, 7) is 5.81. The van der Waals surface area contributed by atoms with E-state index in [9.17, 15) is 0 Å². The summed E-state index contributed by atoms with van der Waals surface area (Å²) >= 11 is 0. The van der Waals surface area contributed by atoms with E-state index in [2.05, 4.69) is 23.6 Å². The molecule has 0 spiro atoms. The number of imidazole rings is 1. The van der Waals surface area contributed by atoms with Gasteiger partial charge in [-0.2, -0.15) is 0 Å². The Morgan fingerprint density at radius 1 is 0.750 bits per heavy atom. The molecule has 0 atom stereocenters. The van der Waals surface area contributed by atoms with E-state index >= 15 is 0 Å². The molecule has 0 amide bonds. The first-order valence-corrected chi connectivity index (χ1v) is 9.53. The summed E-state index contributed by atoms with van der Waals surface area (Å²) in [6.07, 6.45) is 0. The van der Waals surface area contributed by atoms with E-state index in [0.717, 1.165) is 39.5 Å². The van der Waals surface area contributed by atoms with Crippen LogP contribution in [0.2, 0.25) is 0 Å². The Bertz CT molecular complexity index is 1080. The van der Waals surface area contributed by atoms with Gasteiger partial charge in [-0.05, 0) is 49.2 Å². The average molecular weight is 372 g/mol. The number of ether oxygens (including phenoxy) is 2. The molecule has 0 aliphatic heterocycles. The van der Waals surface area contributed by atoms with E-state index in [4.69, 9.17) is 14.5 Å². The smallest absolute Gasteiger partial charge is 0.148 e. The van der Waals surface area contributed by atoms with Crippen LogP contribution in [0, 0.1) is 13.8 Å². The monoisotopic (exact) mass is 372 g/mol. The van der Waals surface area contributed by atoms with E-state index in [1.807, 2.05) is 67.6 Å². The molecule has 0 N–H and O–H groups in total. The van der Waals surface area contributed by atoms with Crippen molar-refractivity contribution in [2.75, 3.05) is 6.61 Å². The number of benzene rings is 3. The maximum atomic E-state index is 6.05. The Labute approximate surface area is 165 Å². The molecule has 0 fully saturated rings. The number of aromatic nitrogens is 2. The molecular weight excluding hydrogens is 348 g/mol. The zero-order chi connectivity index (χ0) is 19.3. The van der Waals surface area contributed by atoms with Crippen LogP contribution < -0.4 is 9.47 Å². The van der Waals surface area contributed by atoms with Crippen molar-refractivity contribution in [2.24, 2.45) is 0 Å². The first-order valence-electron chi connectivity index (χ1n) is 9.53. The lowest BCUT2D eigenvalue weighted by Gasteiger charge is -2.13. The predicted molar refractivity (Wildman–Crippen MR) is 112 cm³/mol. The molecule has 0 aliphatic carbocycles. The van der Waals surface area contributed by atoms with Crippen molar-refractivity contribution in [3.05, 3.63) is 89.7 Å². The van der Waals surface area contributed by atoms with Gasteiger partial charge in [0.25, 0.3) is 0 Å². The summed E-state index contributed by atoms with van der Waals surface area (Å²) in [5, 5.41) is 0. The van der Waals surface area contributed by atoms with Crippen LogP contribution in [0.15, 0.2) is 72.8 Å². The van der Waals surface area contributed by atoms with Crippen molar-refractivity contribution >= 4 is 11.0 Å². The zero-order valence-electron chi connectivity index (χ0n) is 16.3. The van der Waals surface area contributed by atoms with E-state index in [1.165, 1.54) is 0 Å². The fourth-order valence-corrected chi connectivity index (χ4v) is 3.31. The van der Waals surface area contributed by atoms with Gasteiger partial charge in [-0.15, -0.1) is 0 Å². The van der Waals surface area contributed by atoms with Crippen molar-refractivity contribution in [1.82, 2.24) is 9.55 Å². The van der Waals surface area contributed by atoms with Gasteiger partial charge in [0.2, 0.25) is 0 Å². The molecule has 0 unspecified atom stereocenters. The van der Waals surface area contributed by atoms with Gasteiger partial charge in [0.05, 0.1) is 17.6 Å². The standard InChI is InChI=1S/C24H24N2O2/c1-18-9-3-7-13-22(18)27-16-15-26-21-12-6-5-11-20(21)25-24(26)17-28-23-14-8-4-10-19(23)2/h3-14H,15-17H2,1-2H3. The fourth-order valence-electron chi connectivity index (χ4n) is 3.31. The molecule has 0 aliphatic rings. The molecule has 4 heteroatoms. The van der Waals surface area contributed by atoms with E-state index in [-0.39, 0.29) is 0 Å². The van der Waals surface area contributed by atoms with Gasteiger partial charge in [-0.3, -0.25) is 0 Å². The topological polar surface area (TPSA) is 36.3 Å². The summed E-state index contributed by atoms with van der Waals surface area (Å²) in [5.74, 6) is 2.71. The van der Waals surface area contributed by atoms with Crippen LogP contribution in [-0.4, -0.2) is 16.2 Å². The van der Waals surface area contributed by atoms with Gasteiger partial charge < -0.3 is 14.0 Å². The minimum absolute atomic E-state index is 0.421. The van der Waals surface area contributed by atoms with E-state index in [1.54, 1.807) is 0 Å². The van der Waals surface area contributed by atoms with Crippen LogP contribution in [0.25, 0.3) is 11.0 Å². The molecule has 142 valence electrons. The van der Waals surface area contributed by atoms with Crippen molar-refractivity contribution in [1.29, 1.82) is 0 Å². The number of para-hydroxylation sites is 4. The molecule has 0 saturated carbocycles. The molecule has 1 aromatic heterocycles. The van der Waals surface area contributed by atoms with Gasteiger partial charge in [0, 0.05) is 0 Å². The minimum Gasteiger partial charge on any atom is -0.491 e. The highest BCUT2D eigenvalue weighted by molar-refractivity contribution is 5.75. The summed E-state index contributed by atoms with van der Waals surface area (Å²) in [5.41, 5.74) is 4.33. The largest absolute Gasteiger partial charge is 0.491 e. The second-order valence-electron chi connectivity index (χ2n) is 6.84. The van der Waals surface area contributed by atoms with Crippen LogP contribution in [0.1, 0.15) is 17.0 Å². The van der Waals surface area contributed by atoms with E-state index in [0.29, 0.717) is 19.8 Å². The Morgan fingerprint density at radius 2 is 1.36 bits per heavy atom.